The summed E-state index contributed by atoms with van der Waals surface area (Å²) in [6, 6.07) is 25.4. The zero-order valence-electron chi connectivity index (χ0n) is 18.2. The van der Waals surface area contributed by atoms with Gasteiger partial charge in [-0.1, -0.05) is 60.2 Å². The van der Waals surface area contributed by atoms with Crippen molar-refractivity contribution in [2.75, 3.05) is 5.32 Å². The third kappa shape index (κ3) is 3.87. The number of hydrogen-bond donors (Lipinski definition) is 1. The van der Waals surface area contributed by atoms with Crippen LogP contribution in [0.5, 0.6) is 0 Å². The highest BCUT2D eigenvalue weighted by molar-refractivity contribution is 6.13. The van der Waals surface area contributed by atoms with E-state index in [0.29, 0.717) is 28.0 Å². The molecule has 33 heavy (non-hydrogen) atoms. The molecule has 0 aliphatic carbocycles. The molecule has 3 aromatic carbocycles. The minimum atomic E-state index is -0.494. The standard InChI is InChI=1S/C27H21FN4O/c1-17-12-14-20(15-13-17)32-26-25(18(2)31-32)21(16-24(29-26)19-8-4-3-5-9-19)27(33)30-23-11-7-6-10-22(23)28/h3-16H,1-2H3,(H,30,33). The van der Waals surface area contributed by atoms with Crippen molar-refractivity contribution < 1.29 is 9.18 Å². The lowest BCUT2D eigenvalue weighted by Gasteiger charge is -2.11. The Labute approximate surface area is 190 Å². The Morgan fingerprint density at radius 3 is 2.33 bits per heavy atom. The van der Waals surface area contributed by atoms with E-state index in [1.54, 1.807) is 22.9 Å². The Hall–Kier alpha value is -4.32. The van der Waals surface area contributed by atoms with E-state index in [1.165, 1.54) is 12.1 Å². The first-order valence-corrected chi connectivity index (χ1v) is 10.6. The van der Waals surface area contributed by atoms with Crippen LogP contribution in [0.3, 0.4) is 0 Å². The highest BCUT2D eigenvalue weighted by Gasteiger charge is 2.21. The zero-order valence-corrected chi connectivity index (χ0v) is 18.2. The van der Waals surface area contributed by atoms with E-state index in [4.69, 9.17) is 10.1 Å². The summed E-state index contributed by atoms with van der Waals surface area (Å²) in [4.78, 5) is 18.2. The predicted octanol–water partition coefficient (Wildman–Crippen LogP) is 6.10. The number of rotatable bonds is 4. The number of para-hydroxylation sites is 1. The molecule has 5 aromatic rings. The number of carbonyl (C=O) groups is 1. The van der Waals surface area contributed by atoms with Crippen LogP contribution in [-0.2, 0) is 0 Å². The fraction of sp³-hybridized carbons (Fsp3) is 0.0741. The average molecular weight is 436 g/mol. The van der Waals surface area contributed by atoms with E-state index in [-0.39, 0.29) is 5.69 Å². The van der Waals surface area contributed by atoms with E-state index < -0.39 is 11.7 Å². The first kappa shape index (κ1) is 20.6. The van der Waals surface area contributed by atoms with Crippen LogP contribution in [0, 0.1) is 19.7 Å². The summed E-state index contributed by atoms with van der Waals surface area (Å²) in [5, 5.41) is 8.02. The molecule has 2 heterocycles. The largest absolute Gasteiger partial charge is 0.319 e. The second-order valence-electron chi connectivity index (χ2n) is 7.89. The minimum absolute atomic E-state index is 0.123. The van der Waals surface area contributed by atoms with Gasteiger partial charge in [0.15, 0.2) is 5.65 Å². The predicted molar refractivity (Wildman–Crippen MR) is 128 cm³/mol. The molecule has 0 aliphatic heterocycles. The van der Waals surface area contributed by atoms with Gasteiger partial charge in [0.2, 0.25) is 0 Å². The molecule has 5 rings (SSSR count). The summed E-state index contributed by atoms with van der Waals surface area (Å²) in [5.41, 5.74) is 5.22. The van der Waals surface area contributed by atoms with Crippen molar-refractivity contribution >= 4 is 22.6 Å². The Bertz CT molecular complexity index is 1470. The van der Waals surface area contributed by atoms with Gasteiger partial charge < -0.3 is 5.32 Å². The lowest BCUT2D eigenvalue weighted by Crippen LogP contribution is -2.14. The molecule has 5 nitrogen and oxygen atoms in total. The van der Waals surface area contributed by atoms with Crippen molar-refractivity contribution in [2.45, 2.75) is 13.8 Å². The summed E-state index contributed by atoms with van der Waals surface area (Å²) in [5.74, 6) is -0.914. The third-order valence-corrected chi connectivity index (χ3v) is 5.53. The molecular formula is C27H21FN4O. The van der Waals surface area contributed by atoms with Gasteiger partial charge in [-0.05, 0) is 44.2 Å². The van der Waals surface area contributed by atoms with Crippen LogP contribution in [-0.4, -0.2) is 20.7 Å². The number of fused-ring (bicyclic) bond motifs is 1. The lowest BCUT2D eigenvalue weighted by molar-refractivity contribution is 0.102. The fourth-order valence-electron chi connectivity index (χ4n) is 3.84. The molecule has 0 spiro atoms. The SMILES string of the molecule is Cc1ccc(-n2nc(C)c3c(C(=O)Nc4ccccc4F)cc(-c4ccccc4)nc32)cc1. The number of nitrogens with one attached hydrogen (secondary N) is 1. The van der Waals surface area contributed by atoms with E-state index in [2.05, 4.69) is 5.32 Å². The summed E-state index contributed by atoms with van der Waals surface area (Å²) in [6.07, 6.45) is 0. The van der Waals surface area contributed by atoms with E-state index >= 15 is 0 Å². The van der Waals surface area contributed by atoms with Gasteiger partial charge in [0.1, 0.15) is 5.82 Å². The molecule has 0 aliphatic rings. The van der Waals surface area contributed by atoms with Crippen molar-refractivity contribution in [3.05, 3.63) is 108 Å². The van der Waals surface area contributed by atoms with E-state index in [9.17, 15) is 9.18 Å². The van der Waals surface area contributed by atoms with Crippen LogP contribution < -0.4 is 5.32 Å². The van der Waals surface area contributed by atoms with Crippen LogP contribution in [0.2, 0.25) is 0 Å². The number of anilines is 1. The Kier molecular flexibility index (Phi) is 5.18. The molecule has 0 saturated carbocycles. The van der Waals surface area contributed by atoms with Crippen molar-refractivity contribution in [1.82, 2.24) is 14.8 Å². The smallest absolute Gasteiger partial charge is 0.256 e. The average Bonchev–Trinajstić information content (AvgIpc) is 3.17. The molecule has 1 N–H and O–H groups in total. The second kappa shape index (κ2) is 8.31. The van der Waals surface area contributed by atoms with Crippen LogP contribution in [0.25, 0.3) is 28.0 Å². The highest BCUT2D eigenvalue weighted by Crippen LogP contribution is 2.29. The molecule has 0 unspecified atom stereocenters. The lowest BCUT2D eigenvalue weighted by atomic mass is 10.0. The van der Waals surface area contributed by atoms with Crippen molar-refractivity contribution in [3.63, 3.8) is 0 Å². The molecule has 0 radical (unpaired) electrons. The number of carbonyl (C=O) groups excluding carboxylic acids is 1. The van der Waals surface area contributed by atoms with Crippen LogP contribution >= 0.6 is 0 Å². The van der Waals surface area contributed by atoms with Gasteiger partial charge >= 0.3 is 0 Å². The number of pyridine rings is 1. The van der Waals surface area contributed by atoms with E-state index in [0.717, 1.165) is 16.8 Å². The summed E-state index contributed by atoms with van der Waals surface area (Å²) in [6.45, 7) is 3.86. The maximum Gasteiger partial charge on any atom is 0.256 e. The monoisotopic (exact) mass is 436 g/mol. The number of benzene rings is 3. The molecule has 6 heteroatoms. The van der Waals surface area contributed by atoms with Gasteiger partial charge in [-0.2, -0.15) is 5.10 Å². The first-order chi connectivity index (χ1) is 16.0. The topological polar surface area (TPSA) is 59.8 Å². The Morgan fingerprint density at radius 1 is 0.909 bits per heavy atom. The number of aryl methyl sites for hydroxylation is 2. The number of aromatic nitrogens is 3. The highest BCUT2D eigenvalue weighted by atomic mass is 19.1. The van der Waals surface area contributed by atoms with Gasteiger partial charge in [0, 0.05) is 5.56 Å². The van der Waals surface area contributed by atoms with Gasteiger partial charge in [-0.15, -0.1) is 0 Å². The summed E-state index contributed by atoms with van der Waals surface area (Å²) < 4.78 is 16.0. The van der Waals surface area contributed by atoms with Crippen LogP contribution in [0.1, 0.15) is 21.6 Å². The molecule has 1 amide bonds. The van der Waals surface area contributed by atoms with Crippen molar-refractivity contribution in [2.24, 2.45) is 0 Å². The molecule has 2 aromatic heterocycles. The van der Waals surface area contributed by atoms with Gasteiger partial charge in [-0.25, -0.2) is 14.1 Å². The number of amides is 1. The molecular weight excluding hydrogens is 415 g/mol. The zero-order chi connectivity index (χ0) is 22.9. The maximum atomic E-state index is 14.2. The Morgan fingerprint density at radius 2 is 1.61 bits per heavy atom. The quantitative estimate of drug-likeness (QED) is 0.371. The maximum absolute atomic E-state index is 14.2. The molecule has 0 atom stereocenters. The third-order valence-electron chi connectivity index (χ3n) is 5.53. The van der Waals surface area contributed by atoms with Crippen LogP contribution in [0.15, 0.2) is 84.9 Å². The second-order valence-corrected chi connectivity index (χ2v) is 7.89. The van der Waals surface area contributed by atoms with Crippen molar-refractivity contribution in [1.29, 1.82) is 0 Å². The van der Waals surface area contributed by atoms with Crippen molar-refractivity contribution in [3.8, 4) is 16.9 Å². The molecule has 0 bridgehead atoms. The summed E-state index contributed by atoms with van der Waals surface area (Å²) >= 11 is 0. The molecule has 0 fully saturated rings. The minimum Gasteiger partial charge on any atom is -0.319 e. The first-order valence-electron chi connectivity index (χ1n) is 10.6. The van der Waals surface area contributed by atoms with Gasteiger partial charge in [0.25, 0.3) is 5.91 Å². The van der Waals surface area contributed by atoms with Gasteiger partial charge in [-0.3, -0.25) is 4.79 Å². The van der Waals surface area contributed by atoms with Gasteiger partial charge in [0.05, 0.1) is 33.7 Å². The normalized spacial score (nSPS) is 11.0. The van der Waals surface area contributed by atoms with E-state index in [1.807, 2.05) is 68.4 Å². The molecule has 162 valence electrons. The fourth-order valence-corrected chi connectivity index (χ4v) is 3.84. The summed E-state index contributed by atoms with van der Waals surface area (Å²) in [7, 11) is 0. The van der Waals surface area contributed by atoms with Crippen LogP contribution in [0.4, 0.5) is 10.1 Å². The number of halogens is 1. The number of nitrogens with zero attached hydrogens (tertiary/aromatic N) is 3. The molecule has 0 saturated heterocycles. The number of hydrogen-bond acceptors (Lipinski definition) is 3. The Balaban J connectivity index is 1.73.